The van der Waals surface area contributed by atoms with Gasteiger partial charge < -0.3 is 15.2 Å². The summed E-state index contributed by atoms with van der Waals surface area (Å²) < 4.78 is 5.23. The number of carbonyl (C=O) groups excluding carboxylic acids is 1. The van der Waals surface area contributed by atoms with Gasteiger partial charge in [0.15, 0.2) is 0 Å². The van der Waals surface area contributed by atoms with Crippen LogP contribution in [0, 0.1) is 0 Å². The quantitative estimate of drug-likeness (QED) is 0.824. The minimum absolute atomic E-state index is 0.105. The van der Waals surface area contributed by atoms with Crippen LogP contribution >= 0.6 is 11.3 Å². The first-order chi connectivity index (χ1) is 9.15. The highest BCUT2D eigenvalue weighted by atomic mass is 32.1. The average Bonchev–Trinajstić information content (AvgIpc) is 2.86. The molecule has 2 rings (SSSR count). The van der Waals surface area contributed by atoms with Gasteiger partial charge in [0.05, 0.1) is 4.88 Å². The van der Waals surface area contributed by atoms with Crippen molar-refractivity contribution in [2.45, 2.75) is 18.9 Å². The summed E-state index contributed by atoms with van der Waals surface area (Å²) >= 11 is 1.28. The maximum Gasteiger partial charge on any atom is 0.328 e. The van der Waals surface area contributed by atoms with E-state index in [9.17, 15) is 9.59 Å². The lowest BCUT2D eigenvalue weighted by Gasteiger charge is -2.22. The molecule has 1 aromatic heterocycles. The van der Waals surface area contributed by atoms with Crippen LogP contribution in [0.25, 0.3) is 6.08 Å². The van der Waals surface area contributed by atoms with Crippen LogP contribution in [0.15, 0.2) is 18.2 Å². The topological polar surface area (TPSA) is 75.6 Å². The third-order valence-electron chi connectivity index (χ3n) is 2.80. The Labute approximate surface area is 114 Å². The van der Waals surface area contributed by atoms with Crippen LogP contribution in [0.5, 0.6) is 0 Å². The van der Waals surface area contributed by atoms with Gasteiger partial charge >= 0.3 is 5.97 Å². The number of amides is 1. The molecule has 0 aliphatic carbocycles. The van der Waals surface area contributed by atoms with Crippen molar-refractivity contribution in [1.29, 1.82) is 0 Å². The Hall–Kier alpha value is -1.66. The van der Waals surface area contributed by atoms with Crippen molar-refractivity contribution in [2.24, 2.45) is 0 Å². The summed E-state index contributed by atoms with van der Waals surface area (Å²) in [5, 5.41) is 11.5. The predicted molar refractivity (Wildman–Crippen MR) is 72.3 cm³/mol. The lowest BCUT2D eigenvalue weighted by Crippen LogP contribution is -2.38. The number of hydrogen-bond acceptors (Lipinski definition) is 4. The Morgan fingerprint density at radius 3 is 2.79 bits per heavy atom. The Balaban J connectivity index is 1.93. The molecule has 2 N–H and O–H groups in total. The van der Waals surface area contributed by atoms with Crippen LogP contribution in [0.3, 0.4) is 0 Å². The van der Waals surface area contributed by atoms with Gasteiger partial charge in [-0.2, -0.15) is 0 Å². The van der Waals surface area contributed by atoms with Crippen molar-refractivity contribution in [3.63, 3.8) is 0 Å². The molecule has 0 bridgehead atoms. The molecule has 5 nitrogen and oxygen atoms in total. The molecule has 1 amide bonds. The largest absolute Gasteiger partial charge is 0.478 e. The van der Waals surface area contributed by atoms with Crippen molar-refractivity contribution in [3.8, 4) is 0 Å². The number of hydrogen-bond donors (Lipinski definition) is 2. The van der Waals surface area contributed by atoms with Crippen molar-refractivity contribution in [2.75, 3.05) is 13.2 Å². The van der Waals surface area contributed by atoms with Gasteiger partial charge in [0, 0.05) is 30.2 Å². The molecule has 0 spiro atoms. The molecule has 6 heteroatoms. The van der Waals surface area contributed by atoms with Crippen molar-refractivity contribution >= 4 is 29.3 Å². The second kappa shape index (κ2) is 6.49. The van der Waals surface area contributed by atoms with Gasteiger partial charge in [-0.05, 0) is 31.1 Å². The fourth-order valence-corrected chi connectivity index (χ4v) is 2.63. The standard InChI is InChI=1S/C13H15NO4S/c15-12(16)4-2-10-1-3-11(19-10)13(17)14-9-5-7-18-8-6-9/h1-4,9H,5-8H2,(H,14,17)(H,15,16)/b4-2+. The van der Waals surface area contributed by atoms with Gasteiger partial charge in [-0.25, -0.2) is 4.79 Å². The van der Waals surface area contributed by atoms with Gasteiger partial charge in [-0.3, -0.25) is 4.79 Å². The van der Waals surface area contributed by atoms with Gasteiger partial charge in [-0.15, -0.1) is 11.3 Å². The minimum Gasteiger partial charge on any atom is -0.478 e. The summed E-state index contributed by atoms with van der Waals surface area (Å²) in [6.45, 7) is 1.37. The average molecular weight is 281 g/mol. The molecule has 1 saturated heterocycles. The predicted octanol–water partition coefficient (Wildman–Crippen LogP) is 1.75. The summed E-state index contributed by atoms with van der Waals surface area (Å²) in [5.74, 6) is -1.10. The van der Waals surface area contributed by atoms with Crippen molar-refractivity contribution in [1.82, 2.24) is 5.32 Å². The highest BCUT2D eigenvalue weighted by Crippen LogP contribution is 2.18. The maximum absolute atomic E-state index is 12.0. The molecule has 2 heterocycles. The number of thiophene rings is 1. The zero-order chi connectivity index (χ0) is 13.7. The normalized spacial score (nSPS) is 16.6. The summed E-state index contributed by atoms with van der Waals surface area (Å²) in [6, 6.07) is 3.62. The number of ether oxygens (including phenoxy) is 1. The first kappa shape index (κ1) is 13.8. The summed E-state index contributed by atoms with van der Waals surface area (Å²) in [4.78, 5) is 23.7. The number of carboxylic acids is 1. The first-order valence-corrected chi connectivity index (χ1v) is 6.86. The number of nitrogens with one attached hydrogen (secondary N) is 1. The van der Waals surface area contributed by atoms with Crippen LogP contribution in [0.2, 0.25) is 0 Å². The van der Waals surface area contributed by atoms with Crippen LogP contribution < -0.4 is 5.32 Å². The lowest BCUT2D eigenvalue weighted by molar-refractivity contribution is -0.131. The number of carbonyl (C=O) groups is 2. The molecule has 102 valence electrons. The maximum atomic E-state index is 12.0. The van der Waals surface area contributed by atoms with Gasteiger partial charge in [-0.1, -0.05) is 0 Å². The van der Waals surface area contributed by atoms with E-state index in [1.165, 1.54) is 17.4 Å². The van der Waals surface area contributed by atoms with Gasteiger partial charge in [0.1, 0.15) is 0 Å². The fourth-order valence-electron chi connectivity index (χ4n) is 1.82. The molecule has 0 saturated carbocycles. The molecule has 1 aliphatic rings. The molecule has 1 fully saturated rings. The zero-order valence-corrected chi connectivity index (χ0v) is 11.1. The van der Waals surface area contributed by atoms with E-state index in [0.29, 0.717) is 18.1 Å². The van der Waals surface area contributed by atoms with E-state index in [-0.39, 0.29) is 11.9 Å². The van der Waals surface area contributed by atoms with Crippen LogP contribution in [0.1, 0.15) is 27.4 Å². The fraction of sp³-hybridized carbons (Fsp3) is 0.385. The van der Waals surface area contributed by atoms with Gasteiger partial charge in [0.2, 0.25) is 0 Å². The molecule has 0 unspecified atom stereocenters. The highest BCUT2D eigenvalue weighted by molar-refractivity contribution is 7.14. The number of carboxylic acid groups (broad SMARTS) is 1. The van der Waals surface area contributed by atoms with Crippen LogP contribution in [-0.4, -0.2) is 36.2 Å². The SMILES string of the molecule is O=C(O)/C=C/c1ccc(C(=O)NC2CCOCC2)s1. The molecular formula is C13H15NO4S. The lowest BCUT2D eigenvalue weighted by atomic mass is 10.1. The zero-order valence-electron chi connectivity index (χ0n) is 10.3. The van der Waals surface area contributed by atoms with E-state index in [1.54, 1.807) is 12.1 Å². The second-order valence-electron chi connectivity index (χ2n) is 4.23. The monoisotopic (exact) mass is 281 g/mol. The third kappa shape index (κ3) is 4.18. The van der Waals surface area contributed by atoms with E-state index in [0.717, 1.165) is 23.8 Å². The second-order valence-corrected chi connectivity index (χ2v) is 5.35. The van der Waals surface area contributed by atoms with Crippen LogP contribution in [-0.2, 0) is 9.53 Å². The number of aliphatic carboxylic acids is 1. The van der Waals surface area contributed by atoms with E-state index in [1.807, 2.05) is 0 Å². The Kier molecular flexibility index (Phi) is 4.70. The Bertz CT molecular complexity index is 489. The smallest absolute Gasteiger partial charge is 0.328 e. The van der Waals surface area contributed by atoms with E-state index in [4.69, 9.17) is 9.84 Å². The van der Waals surface area contributed by atoms with Crippen molar-refractivity contribution in [3.05, 3.63) is 28.0 Å². The summed E-state index contributed by atoms with van der Waals surface area (Å²) in [5.41, 5.74) is 0. The van der Waals surface area contributed by atoms with Crippen LogP contribution in [0.4, 0.5) is 0 Å². The first-order valence-electron chi connectivity index (χ1n) is 6.04. The highest BCUT2D eigenvalue weighted by Gasteiger charge is 2.17. The van der Waals surface area contributed by atoms with Gasteiger partial charge in [0.25, 0.3) is 5.91 Å². The molecule has 0 atom stereocenters. The Morgan fingerprint density at radius 1 is 1.37 bits per heavy atom. The number of rotatable bonds is 4. The molecular weight excluding hydrogens is 266 g/mol. The molecule has 0 radical (unpaired) electrons. The molecule has 1 aliphatic heterocycles. The van der Waals surface area contributed by atoms with Crippen molar-refractivity contribution < 1.29 is 19.4 Å². The van der Waals surface area contributed by atoms with E-state index >= 15 is 0 Å². The minimum atomic E-state index is -0.999. The molecule has 19 heavy (non-hydrogen) atoms. The van der Waals surface area contributed by atoms with E-state index < -0.39 is 5.97 Å². The summed E-state index contributed by atoms with van der Waals surface area (Å²) in [6.07, 6.45) is 4.22. The Morgan fingerprint density at radius 2 is 2.11 bits per heavy atom. The molecule has 1 aromatic rings. The van der Waals surface area contributed by atoms with E-state index in [2.05, 4.69) is 5.32 Å². The molecule has 0 aromatic carbocycles. The summed E-state index contributed by atoms with van der Waals surface area (Å²) in [7, 11) is 0. The third-order valence-corrected chi connectivity index (χ3v) is 3.85.